The molecule has 0 atom stereocenters. The Morgan fingerprint density at radius 3 is 2.22 bits per heavy atom. The molecule has 0 N–H and O–H groups in total. The Hall–Kier alpha value is 0.0900. The molecule has 0 spiro atoms. The van der Waals surface area contributed by atoms with Crippen LogP contribution in [0.2, 0.25) is 0 Å². The number of thioether (sulfide) groups is 1. The topological polar surface area (TPSA) is 0 Å². The van der Waals surface area contributed by atoms with E-state index >= 15 is 0 Å². The van der Waals surface area contributed by atoms with Crippen LogP contribution in [-0.2, 0) is 0 Å². The van der Waals surface area contributed by atoms with E-state index in [-0.39, 0.29) is 0 Å². The average molecular weight is 142 g/mol. The first-order valence-corrected chi connectivity index (χ1v) is 4.79. The number of rotatable bonds is 0. The van der Waals surface area contributed by atoms with Crippen LogP contribution in [0.25, 0.3) is 0 Å². The normalized spacial score (nSPS) is 22.9. The van der Waals surface area contributed by atoms with Gasteiger partial charge in [0.15, 0.2) is 0 Å². The fourth-order valence-electron chi connectivity index (χ4n) is 1.08. The van der Waals surface area contributed by atoms with Crippen LogP contribution in [0.15, 0.2) is 12.2 Å². The zero-order chi connectivity index (χ0) is 6.53. The van der Waals surface area contributed by atoms with Gasteiger partial charge in [-0.05, 0) is 37.2 Å². The lowest BCUT2D eigenvalue weighted by Gasteiger charge is -2.09. The first kappa shape index (κ1) is 7.20. The van der Waals surface area contributed by atoms with Crippen LogP contribution in [0, 0.1) is 0 Å². The Morgan fingerprint density at radius 1 is 1.11 bits per heavy atom. The van der Waals surface area contributed by atoms with Crippen molar-refractivity contribution in [3.05, 3.63) is 12.2 Å². The third kappa shape index (κ3) is 2.95. The molecule has 52 valence electrons. The molecule has 1 heteroatoms. The quantitative estimate of drug-likeness (QED) is 0.469. The first-order valence-electron chi connectivity index (χ1n) is 3.64. The Labute approximate surface area is 61.7 Å². The summed E-state index contributed by atoms with van der Waals surface area (Å²) in [5.74, 6) is 2.69. The van der Waals surface area contributed by atoms with Crippen molar-refractivity contribution >= 4 is 11.8 Å². The lowest BCUT2D eigenvalue weighted by Crippen LogP contribution is -1.93. The molecule has 1 aliphatic heterocycles. The van der Waals surface area contributed by atoms with E-state index in [1.54, 1.807) is 0 Å². The van der Waals surface area contributed by atoms with E-state index in [9.17, 15) is 0 Å². The van der Waals surface area contributed by atoms with Crippen molar-refractivity contribution in [1.29, 1.82) is 0 Å². The second-order valence-electron chi connectivity index (χ2n) is 2.57. The zero-order valence-electron chi connectivity index (χ0n) is 5.86. The third-order valence-electron chi connectivity index (χ3n) is 1.64. The van der Waals surface area contributed by atoms with Gasteiger partial charge in [0.25, 0.3) is 0 Å². The molecule has 0 amide bonds. The summed E-state index contributed by atoms with van der Waals surface area (Å²) in [4.78, 5) is 0. The molecule has 0 aromatic heterocycles. The van der Waals surface area contributed by atoms with Crippen LogP contribution in [-0.4, -0.2) is 11.5 Å². The SMILES string of the molecule is C=C1CCCSCCC1. The van der Waals surface area contributed by atoms with Crippen molar-refractivity contribution < 1.29 is 0 Å². The summed E-state index contributed by atoms with van der Waals surface area (Å²) in [5, 5.41) is 0. The van der Waals surface area contributed by atoms with Crippen molar-refractivity contribution in [3.63, 3.8) is 0 Å². The van der Waals surface area contributed by atoms with E-state index < -0.39 is 0 Å². The first-order chi connectivity index (χ1) is 4.39. The van der Waals surface area contributed by atoms with E-state index in [1.807, 2.05) is 0 Å². The Morgan fingerprint density at radius 2 is 1.67 bits per heavy atom. The van der Waals surface area contributed by atoms with Crippen molar-refractivity contribution in [1.82, 2.24) is 0 Å². The monoisotopic (exact) mass is 142 g/mol. The van der Waals surface area contributed by atoms with Crippen molar-refractivity contribution in [2.45, 2.75) is 25.7 Å². The molecule has 0 unspecified atom stereocenters. The van der Waals surface area contributed by atoms with Crippen LogP contribution in [0.4, 0.5) is 0 Å². The number of hydrogen-bond donors (Lipinski definition) is 0. The second kappa shape index (κ2) is 3.99. The minimum Gasteiger partial charge on any atom is -0.162 e. The fourth-order valence-corrected chi connectivity index (χ4v) is 1.98. The molecule has 1 saturated heterocycles. The summed E-state index contributed by atoms with van der Waals surface area (Å²) in [6, 6.07) is 0. The molecule has 0 aromatic carbocycles. The van der Waals surface area contributed by atoms with E-state index in [0.717, 1.165) is 0 Å². The van der Waals surface area contributed by atoms with E-state index in [2.05, 4.69) is 18.3 Å². The molecular formula is C8H14S. The van der Waals surface area contributed by atoms with Crippen molar-refractivity contribution in [3.8, 4) is 0 Å². The highest BCUT2D eigenvalue weighted by atomic mass is 32.2. The summed E-state index contributed by atoms with van der Waals surface area (Å²) in [5.41, 5.74) is 1.47. The Balaban J connectivity index is 2.20. The number of hydrogen-bond acceptors (Lipinski definition) is 1. The van der Waals surface area contributed by atoms with Crippen LogP contribution >= 0.6 is 11.8 Å². The van der Waals surface area contributed by atoms with Crippen LogP contribution in [0.5, 0.6) is 0 Å². The van der Waals surface area contributed by atoms with Crippen LogP contribution in [0.1, 0.15) is 25.7 Å². The predicted octanol–water partition coefficient (Wildman–Crippen LogP) is 2.85. The highest BCUT2D eigenvalue weighted by molar-refractivity contribution is 7.99. The molecule has 0 radical (unpaired) electrons. The molecule has 1 rings (SSSR count). The van der Waals surface area contributed by atoms with Gasteiger partial charge >= 0.3 is 0 Å². The molecule has 0 aliphatic carbocycles. The van der Waals surface area contributed by atoms with E-state index in [1.165, 1.54) is 42.8 Å². The van der Waals surface area contributed by atoms with Gasteiger partial charge in [0, 0.05) is 0 Å². The minimum atomic E-state index is 1.27. The Bertz CT molecular complexity index is 86.7. The van der Waals surface area contributed by atoms with Crippen molar-refractivity contribution in [2.75, 3.05) is 11.5 Å². The van der Waals surface area contributed by atoms with E-state index in [0.29, 0.717) is 0 Å². The fraction of sp³-hybridized carbons (Fsp3) is 0.750. The van der Waals surface area contributed by atoms with Gasteiger partial charge in [-0.2, -0.15) is 11.8 Å². The summed E-state index contributed by atoms with van der Waals surface area (Å²) in [6.45, 7) is 4.01. The molecule has 1 heterocycles. The summed E-state index contributed by atoms with van der Waals surface area (Å²) >= 11 is 2.09. The van der Waals surface area contributed by atoms with Gasteiger partial charge in [-0.15, -0.1) is 0 Å². The van der Waals surface area contributed by atoms with Gasteiger partial charge in [0.05, 0.1) is 0 Å². The maximum atomic E-state index is 4.01. The molecule has 0 saturated carbocycles. The third-order valence-corrected chi connectivity index (χ3v) is 2.79. The zero-order valence-corrected chi connectivity index (χ0v) is 6.67. The summed E-state index contributed by atoms with van der Waals surface area (Å²) < 4.78 is 0. The summed E-state index contributed by atoms with van der Waals surface area (Å²) in [6.07, 6.45) is 5.24. The van der Waals surface area contributed by atoms with Gasteiger partial charge in [-0.1, -0.05) is 12.2 Å². The van der Waals surface area contributed by atoms with Gasteiger partial charge in [0.2, 0.25) is 0 Å². The maximum Gasteiger partial charge on any atom is -0.00645 e. The van der Waals surface area contributed by atoms with Crippen molar-refractivity contribution in [2.24, 2.45) is 0 Å². The lowest BCUT2D eigenvalue weighted by atomic mass is 10.1. The maximum absolute atomic E-state index is 4.01. The minimum absolute atomic E-state index is 1.27. The van der Waals surface area contributed by atoms with Gasteiger partial charge in [0.1, 0.15) is 0 Å². The highest BCUT2D eigenvalue weighted by Gasteiger charge is 1.99. The lowest BCUT2D eigenvalue weighted by molar-refractivity contribution is 0.802. The van der Waals surface area contributed by atoms with Gasteiger partial charge in [-0.25, -0.2) is 0 Å². The van der Waals surface area contributed by atoms with Crippen LogP contribution in [0.3, 0.4) is 0 Å². The molecule has 1 aliphatic rings. The molecule has 9 heavy (non-hydrogen) atoms. The smallest absolute Gasteiger partial charge is 0.00645 e. The molecule has 0 bridgehead atoms. The standard InChI is InChI=1S/C8H14S/c1-8-4-2-6-9-7-3-5-8/h1-7H2. The highest BCUT2D eigenvalue weighted by Crippen LogP contribution is 2.18. The average Bonchev–Trinajstić information content (AvgIpc) is 1.79. The molecule has 1 fully saturated rings. The van der Waals surface area contributed by atoms with E-state index in [4.69, 9.17) is 0 Å². The molecular weight excluding hydrogens is 128 g/mol. The van der Waals surface area contributed by atoms with Crippen LogP contribution < -0.4 is 0 Å². The Kier molecular flexibility index (Phi) is 3.20. The molecule has 0 nitrogen and oxygen atoms in total. The second-order valence-corrected chi connectivity index (χ2v) is 3.79. The number of allylic oxidation sites excluding steroid dienone is 1. The predicted molar refractivity (Wildman–Crippen MR) is 44.9 cm³/mol. The molecule has 0 aromatic rings. The summed E-state index contributed by atoms with van der Waals surface area (Å²) in [7, 11) is 0. The largest absolute Gasteiger partial charge is 0.162 e. The van der Waals surface area contributed by atoms with Gasteiger partial charge < -0.3 is 0 Å². The van der Waals surface area contributed by atoms with Gasteiger partial charge in [-0.3, -0.25) is 0 Å².